The molecule has 37 heavy (non-hydrogen) atoms. The Morgan fingerprint density at radius 1 is 0.297 bits per heavy atom. The minimum atomic E-state index is 0.927. The number of hydrogen-bond donors (Lipinski definition) is 0. The minimum Gasteiger partial charge on any atom is -0.303 e. The molecule has 0 aliphatic heterocycles. The molecular weight excluding hydrogens is 446 g/mol. The molecule has 0 aromatic heterocycles. The lowest BCUT2D eigenvalue weighted by atomic mass is 9.90. The van der Waals surface area contributed by atoms with E-state index in [1.165, 1.54) is 174 Å². The fraction of sp³-hybridized carbons (Fsp3) is 1.00. The highest BCUT2D eigenvalue weighted by Crippen LogP contribution is 2.26. The quantitative estimate of drug-likeness (QED) is 0.0849. The first kappa shape index (κ1) is 37.0. The van der Waals surface area contributed by atoms with E-state index in [1.807, 2.05) is 0 Å². The van der Waals surface area contributed by atoms with Crippen molar-refractivity contribution in [2.45, 2.75) is 196 Å². The van der Waals surface area contributed by atoms with Gasteiger partial charge < -0.3 is 4.90 Å². The summed E-state index contributed by atoms with van der Waals surface area (Å²) in [4.78, 5) is 3.04. The Hall–Kier alpha value is -0.0400. The normalized spacial score (nSPS) is 14.4. The molecule has 3 atom stereocenters. The highest BCUT2D eigenvalue weighted by atomic mass is 15.1. The fourth-order valence-corrected chi connectivity index (χ4v) is 6.36. The highest BCUT2D eigenvalue weighted by molar-refractivity contribution is 4.75. The lowest BCUT2D eigenvalue weighted by molar-refractivity contribution is 0.144. The molecule has 0 rings (SSSR count). The smallest absolute Gasteiger partial charge is 0.000989 e. The number of rotatable bonds is 30. The first-order chi connectivity index (χ1) is 18.1. The zero-order valence-corrected chi connectivity index (χ0v) is 27.3. The molecule has 0 saturated carbocycles. The first-order valence-electron chi connectivity index (χ1n) is 17.9. The van der Waals surface area contributed by atoms with E-state index in [-0.39, 0.29) is 0 Å². The summed E-state index contributed by atoms with van der Waals surface area (Å²) in [5.74, 6) is 2.78. The third-order valence-corrected chi connectivity index (χ3v) is 8.84. The second-order valence-corrected chi connectivity index (χ2v) is 12.8. The van der Waals surface area contributed by atoms with Crippen molar-refractivity contribution in [1.82, 2.24) is 4.90 Å². The lowest BCUT2D eigenvalue weighted by Gasteiger charge is -2.34. The van der Waals surface area contributed by atoms with Gasteiger partial charge in [0.2, 0.25) is 0 Å². The average molecular weight is 522 g/mol. The third-order valence-electron chi connectivity index (χ3n) is 8.84. The van der Waals surface area contributed by atoms with Gasteiger partial charge in [-0.1, -0.05) is 157 Å². The van der Waals surface area contributed by atoms with Crippen LogP contribution in [0.5, 0.6) is 0 Å². The predicted molar refractivity (Wildman–Crippen MR) is 172 cm³/mol. The molecule has 0 radical (unpaired) electrons. The van der Waals surface area contributed by atoms with Crippen LogP contribution < -0.4 is 0 Å². The van der Waals surface area contributed by atoms with Crippen molar-refractivity contribution in [3.8, 4) is 0 Å². The summed E-state index contributed by atoms with van der Waals surface area (Å²) in [5.41, 5.74) is 0. The van der Waals surface area contributed by atoms with Crippen LogP contribution in [0.4, 0.5) is 0 Å². The van der Waals surface area contributed by atoms with E-state index in [9.17, 15) is 0 Å². The van der Waals surface area contributed by atoms with E-state index in [2.05, 4.69) is 46.4 Å². The summed E-state index contributed by atoms with van der Waals surface area (Å²) >= 11 is 0. The summed E-state index contributed by atoms with van der Waals surface area (Å²) in [6.45, 7) is 18.4. The van der Waals surface area contributed by atoms with Crippen LogP contribution in [0.25, 0.3) is 0 Å². The maximum absolute atomic E-state index is 3.04. The summed E-state index contributed by atoms with van der Waals surface area (Å²) in [7, 11) is 0. The monoisotopic (exact) mass is 522 g/mol. The molecule has 0 aromatic rings. The molecule has 0 amide bonds. The van der Waals surface area contributed by atoms with Crippen LogP contribution in [-0.4, -0.2) is 24.5 Å². The van der Waals surface area contributed by atoms with Crippen molar-refractivity contribution in [2.24, 2.45) is 17.8 Å². The van der Waals surface area contributed by atoms with Crippen LogP contribution >= 0.6 is 0 Å². The molecule has 0 spiro atoms. The van der Waals surface area contributed by atoms with Crippen molar-refractivity contribution in [3.63, 3.8) is 0 Å². The van der Waals surface area contributed by atoms with Crippen LogP contribution in [0.3, 0.4) is 0 Å². The Balaban J connectivity index is 5.44. The zero-order chi connectivity index (χ0) is 27.4. The summed E-state index contributed by atoms with van der Waals surface area (Å²) in [5, 5.41) is 0. The number of hydrogen-bond acceptors (Lipinski definition) is 1. The first-order valence-corrected chi connectivity index (χ1v) is 17.9. The van der Waals surface area contributed by atoms with Crippen molar-refractivity contribution < 1.29 is 0 Å². The number of unbranched alkanes of at least 4 members (excludes halogenated alkanes) is 12. The van der Waals surface area contributed by atoms with Gasteiger partial charge in [0.1, 0.15) is 0 Å². The van der Waals surface area contributed by atoms with Crippen molar-refractivity contribution in [1.29, 1.82) is 0 Å². The Bertz CT molecular complexity index is 357. The van der Waals surface area contributed by atoms with E-state index in [4.69, 9.17) is 0 Å². The minimum absolute atomic E-state index is 0.927. The molecule has 0 heterocycles. The van der Waals surface area contributed by atoms with Gasteiger partial charge in [0.25, 0.3) is 0 Å². The van der Waals surface area contributed by atoms with Gasteiger partial charge in [0.05, 0.1) is 0 Å². The Morgan fingerprint density at radius 3 is 0.784 bits per heavy atom. The fourth-order valence-electron chi connectivity index (χ4n) is 6.36. The summed E-state index contributed by atoms with van der Waals surface area (Å²) < 4.78 is 0. The maximum atomic E-state index is 3.04. The van der Waals surface area contributed by atoms with Gasteiger partial charge in [0, 0.05) is 19.6 Å². The Morgan fingerprint density at radius 2 is 0.541 bits per heavy atom. The maximum Gasteiger partial charge on any atom is 0.000989 e. The van der Waals surface area contributed by atoms with E-state index >= 15 is 0 Å². The van der Waals surface area contributed by atoms with Gasteiger partial charge in [-0.15, -0.1) is 0 Å². The van der Waals surface area contributed by atoms with E-state index in [0.717, 1.165) is 17.8 Å². The van der Waals surface area contributed by atoms with Crippen molar-refractivity contribution in [3.05, 3.63) is 0 Å². The Kier molecular flexibility index (Phi) is 28.9. The molecule has 1 nitrogen and oxygen atoms in total. The van der Waals surface area contributed by atoms with Crippen LogP contribution in [0.2, 0.25) is 0 Å². The SMILES string of the molecule is CCCCCCC(CCCC)CN(CC(CCCC)CCCCCC)CC(CCCC)CCCCCC. The van der Waals surface area contributed by atoms with Gasteiger partial charge in [-0.2, -0.15) is 0 Å². The van der Waals surface area contributed by atoms with Gasteiger partial charge in [-0.05, 0) is 56.3 Å². The van der Waals surface area contributed by atoms with Crippen LogP contribution in [-0.2, 0) is 0 Å². The van der Waals surface area contributed by atoms with Gasteiger partial charge >= 0.3 is 0 Å². The van der Waals surface area contributed by atoms with Gasteiger partial charge in [0.15, 0.2) is 0 Å². The molecular formula is C36H75N. The summed E-state index contributed by atoms with van der Waals surface area (Å²) in [6.07, 6.45) is 34.3. The molecule has 0 bridgehead atoms. The van der Waals surface area contributed by atoms with E-state index in [0.29, 0.717) is 0 Å². The molecule has 0 aliphatic rings. The van der Waals surface area contributed by atoms with Gasteiger partial charge in [-0.25, -0.2) is 0 Å². The zero-order valence-electron chi connectivity index (χ0n) is 27.3. The standard InChI is InChI=1S/C36H75N/c1-7-13-19-22-28-34(25-16-10-4)31-37(32-35(26-17-11-5)29-23-20-14-8-2)33-36(27-18-12-6)30-24-21-15-9-3/h34-36H,7-33H2,1-6H3. The lowest BCUT2D eigenvalue weighted by Crippen LogP contribution is -2.38. The van der Waals surface area contributed by atoms with E-state index < -0.39 is 0 Å². The largest absolute Gasteiger partial charge is 0.303 e. The van der Waals surface area contributed by atoms with Crippen molar-refractivity contribution in [2.75, 3.05) is 19.6 Å². The Labute approximate surface area is 237 Å². The van der Waals surface area contributed by atoms with E-state index in [1.54, 1.807) is 0 Å². The molecule has 0 aromatic carbocycles. The molecule has 224 valence electrons. The summed E-state index contributed by atoms with van der Waals surface area (Å²) in [6, 6.07) is 0. The van der Waals surface area contributed by atoms with Crippen LogP contribution in [0.15, 0.2) is 0 Å². The topological polar surface area (TPSA) is 3.24 Å². The second-order valence-electron chi connectivity index (χ2n) is 12.8. The second kappa shape index (κ2) is 29.0. The van der Waals surface area contributed by atoms with Crippen LogP contribution in [0.1, 0.15) is 196 Å². The van der Waals surface area contributed by atoms with Crippen LogP contribution in [0, 0.1) is 17.8 Å². The molecule has 0 aliphatic carbocycles. The molecule has 0 saturated heterocycles. The predicted octanol–water partition coefficient (Wildman–Crippen LogP) is 12.6. The average Bonchev–Trinajstić information content (AvgIpc) is 2.90. The molecule has 0 fully saturated rings. The molecule has 1 heteroatoms. The number of nitrogens with zero attached hydrogens (tertiary/aromatic N) is 1. The van der Waals surface area contributed by atoms with Gasteiger partial charge in [-0.3, -0.25) is 0 Å². The molecule has 0 N–H and O–H groups in total. The third kappa shape index (κ3) is 23.6. The van der Waals surface area contributed by atoms with Crippen molar-refractivity contribution >= 4 is 0 Å². The molecule has 3 unspecified atom stereocenters. The highest BCUT2D eigenvalue weighted by Gasteiger charge is 2.21.